The molecule has 1 heterocycles. The normalized spacial score (nSPS) is 11.1. The van der Waals surface area contributed by atoms with E-state index in [1.165, 1.54) is 12.1 Å². The maximum absolute atomic E-state index is 14.2. The van der Waals surface area contributed by atoms with Gasteiger partial charge in [-0.15, -0.1) is 0 Å². The Morgan fingerprint density at radius 2 is 1.89 bits per heavy atom. The molecule has 0 fully saturated rings. The summed E-state index contributed by atoms with van der Waals surface area (Å²) in [6.45, 7) is 4.29. The summed E-state index contributed by atoms with van der Waals surface area (Å²) >= 11 is 6.13. The topological polar surface area (TPSA) is 65.4 Å². The Morgan fingerprint density at radius 1 is 1.08 bits per heavy atom. The van der Waals surface area contributed by atoms with Crippen molar-refractivity contribution < 1.29 is 18.7 Å². The molecule has 3 aromatic carbocycles. The molecule has 37 heavy (non-hydrogen) atoms. The van der Waals surface area contributed by atoms with Crippen molar-refractivity contribution in [3.05, 3.63) is 112 Å². The molecule has 0 saturated carbocycles. The highest BCUT2D eigenvalue weighted by Crippen LogP contribution is 2.25. The quantitative estimate of drug-likeness (QED) is 0.254. The number of amides is 1. The number of carbonyl (C=O) groups is 1. The van der Waals surface area contributed by atoms with E-state index in [9.17, 15) is 9.18 Å². The Morgan fingerprint density at radius 3 is 2.65 bits per heavy atom. The number of ether oxygens (including phenoxy) is 2. The molecular formula is C29H27ClFN3O3. The van der Waals surface area contributed by atoms with Gasteiger partial charge in [0.2, 0.25) is 5.91 Å². The van der Waals surface area contributed by atoms with Gasteiger partial charge in [-0.2, -0.15) is 5.10 Å². The van der Waals surface area contributed by atoms with Gasteiger partial charge in [0.05, 0.1) is 13.7 Å². The molecule has 0 spiro atoms. The van der Waals surface area contributed by atoms with Gasteiger partial charge in [0, 0.05) is 34.0 Å². The number of nitrogens with one attached hydrogen (secondary N) is 1. The molecule has 0 saturated heterocycles. The molecule has 0 aliphatic rings. The Labute approximate surface area is 220 Å². The summed E-state index contributed by atoms with van der Waals surface area (Å²) in [7, 11) is 1.61. The first-order chi connectivity index (χ1) is 17.8. The molecule has 4 aromatic rings. The predicted octanol–water partition coefficient (Wildman–Crippen LogP) is 6.58. The molecule has 0 bridgehead atoms. The molecule has 190 valence electrons. The van der Waals surface area contributed by atoms with Crippen molar-refractivity contribution in [2.45, 2.75) is 27.0 Å². The van der Waals surface area contributed by atoms with Gasteiger partial charge in [0.15, 0.2) is 5.82 Å². The predicted molar refractivity (Wildman–Crippen MR) is 144 cm³/mol. The number of hydrogen-bond donors (Lipinski definition) is 1. The Hall–Kier alpha value is -4.10. The van der Waals surface area contributed by atoms with Crippen molar-refractivity contribution >= 4 is 29.4 Å². The summed E-state index contributed by atoms with van der Waals surface area (Å²) in [6, 6.07) is 19.7. The van der Waals surface area contributed by atoms with E-state index in [-0.39, 0.29) is 12.5 Å². The van der Waals surface area contributed by atoms with E-state index in [1.807, 2.05) is 56.3 Å². The molecule has 0 atom stereocenters. The molecular weight excluding hydrogens is 493 g/mol. The molecule has 0 unspecified atom stereocenters. The third kappa shape index (κ3) is 6.57. The molecule has 0 aliphatic carbocycles. The van der Waals surface area contributed by atoms with Gasteiger partial charge in [-0.3, -0.25) is 9.48 Å². The van der Waals surface area contributed by atoms with Crippen LogP contribution in [0.1, 0.15) is 27.9 Å². The third-order valence-electron chi connectivity index (χ3n) is 5.81. The minimum Gasteiger partial charge on any atom is -0.496 e. The second-order valence-corrected chi connectivity index (χ2v) is 8.88. The van der Waals surface area contributed by atoms with E-state index < -0.39 is 5.82 Å². The molecule has 0 aliphatic heterocycles. The average Bonchev–Trinajstić information content (AvgIpc) is 3.22. The van der Waals surface area contributed by atoms with E-state index in [1.54, 1.807) is 36.1 Å². The van der Waals surface area contributed by atoms with Crippen LogP contribution in [0.2, 0.25) is 5.02 Å². The molecule has 6 nitrogen and oxygen atoms in total. The first kappa shape index (κ1) is 26.0. The molecule has 0 radical (unpaired) electrons. The first-order valence-electron chi connectivity index (χ1n) is 11.7. The van der Waals surface area contributed by atoms with Crippen molar-refractivity contribution in [2.24, 2.45) is 0 Å². The second kappa shape index (κ2) is 11.8. The van der Waals surface area contributed by atoms with Gasteiger partial charge in [0.25, 0.3) is 0 Å². The van der Waals surface area contributed by atoms with Crippen LogP contribution in [-0.4, -0.2) is 22.8 Å². The van der Waals surface area contributed by atoms with Gasteiger partial charge in [-0.1, -0.05) is 41.9 Å². The minimum absolute atomic E-state index is 0.155. The highest BCUT2D eigenvalue weighted by molar-refractivity contribution is 6.31. The molecule has 1 N–H and O–H groups in total. The van der Waals surface area contributed by atoms with Crippen LogP contribution in [-0.2, 0) is 17.9 Å². The Balaban J connectivity index is 1.42. The molecule has 1 aromatic heterocycles. The first-order valence-corrected chi connectivity index (χ1v) is 12.0. The van der Waals surface area contributed by atoms with Crippen molar-refractivity contribution in [2.75, 3.05) is 12.4 Å². The lowest BCUT2D eigenvalue weighted by molar-refractivity contribution is -0.111. The third-order valence-corrected chi connectivity index (χ3v) is 6.16. The van der Waals surface area contributed by atoms with Crippen LogP contribution in [0.3, 0.4) is 0 Å². The number of nitrogens with zero attached hydrogens (tertiary/aromatic N) is 2. The summed E-state index contributed by atoms with van der Waals surface area (Å²) in [6.07, 6.45) is 3.13. The van der Waals surface area contributed by atoms with Gasteiger partial charge in [-0.25, -0.2) is 4.39 Å². The summed E-state index contributed by atoms with van der Waals surface area (Å²) in [5.74, 6) is 1.12. The SMILES string of the molecule is COc1ccc(/C=C/C(=O)Nc2cc(C)n(Cc3c(F)cccc3Cl)n2)cc1COc1ccccc1C. The van der Waals surface area contributed by atoms with Gasteiger partial charge in [0.1, 0.15) is 23.9 Å². The van der Waals surface area contributed by atoms with Gasteiger partial charge >= 0.3 is 0 Å². The minimum atomic E-state index is -0.404. The van der Waals surface area contributed by atoms with Crippen LogP contribution >= 0.6 is 11.6 Å². The fourth-order valence-electron chi connectivity index (χ4n) is 3.79. The van der Waals surface area contributed by atoms with Crippen molar-refractivity contribution in [1.29, 1.82) is 0 Å². The number of benzene rings is 3. The summed E-state index contributed by atoms with van der Waals surface area (Å²) < 4.78 is 27.2. The lowest BCUT2D eigenvalue weighted by atomic mass is 10.1. The Kier molecular flexibility index (Phi) is 8.25. The molecule has 1 amide bonds. The lowest BCUT2D eigenvalue weighted by Gasteiger charge is -2.12. The number of hydrogen-bond acceptors (Lipinski definition) is 4. The second-order valence-electron chi connectivity index (χ2n) is 8.48. The standard InChI is InChI=1S/C29H27ClFN3O3/c1-19-7-4-5-10-26(19)37-18-22-16-21(11-13-27(22)36-3)12-14-29(35)32-28-15-20(2)34(33-28)17-23-24(30)8-6-9-25(23)31/h4-16H,17-18H2,1-3H3,(H,32,33,35)/b14-12+. The Bertz CT molecular complexity index is 1430. The summed E-state index contributed by atoms with van der Waals surface area (Å²) in [5.41, 5.74) is 3.82. The van der Waals surface area contributed by atoms with Crippen LogP contribution in [0.25, 0.3) is 6.08 Å². The zero-order chi connectivity index (χ0) is 26.4. The largest absolute Gasteiger partial charge is 0.496 e. The molecule has 8 heteroatoms. The number of anilines is 1. The smallest absolute Gasteiger partial charge is 0.249 e. The van der Waals surface area contributed by atoms with E-state index in [2.05, 4.69) is 10.4 Å². The van der Waals surface area contributed by atoms with Crippen molar-refractivity contribution in [3.8, 4) is 11.5 Å². The number of rotatable bonds is 9. The number of methoxy groups -OCH3 is 1. The highest BCUT2D eigenvalue weighted by atomic mass is 35.5. The number of carbonyl (C=O) groups excluding carboxylic acids is 1. The number of halogens is 2. The summed E-state index contributed by atoms with van der Waals surface area (Å²) in [5, 5.41) is 7.44. The monoisotopic (exact) mass is 519 g/mol. The van der Waals surface area contributed by atoms with Crippen LogP contribution in [0.5, 0.6) is 11.5 Å². The fourth-order valence-corrected chi connectivity index (χ4v) is 4.02. The van der Waals surface area contributed by atoms with Crippen LogP contribution in [0.15, 0.2) is 72.8 Å². The zero-order valence-electron chi connectivity index (χ0n) is 20.8. The van der Waals surface area contributed by atoms with E-state index >= 15 is 0 Å². The maximum Gasteiger partial charge on any atom is 0.249 e. The maximum atomic E-state index is 14.2. The van der Waals surface area contributed by atoms with Crippen molar-refractivity contribution in [1.82, 2.24) is 9.78 Å². The number of para-hydroxylation sites is 1. The number of aryl methyl sites for hydroxylation is 2. The van der Waals surface area contributed by atoms with Gasteiger partial charge in [-0.05, 0) is 61.4 Å². The zero-order valence-corrected chi connectivity index (χ0v) is 21.6. The van der Waals surface area contributed by atoms with Crippen LogP contribution in [0.4, 0.5) is 10.2 Å². The van der Waals surface area contributed by atoms with Crippen molar-refractivity contribution in [3.63, 3.8) is 0 Å². The fraction of sp³-hybridized carbons (Fsp3) is 0.172. The average molecular weight is 520 g/mol. The van der Waals surface area contributed by atoms with Crippen LogP contribution < -0.4 is 14.8 Å². The number of aromatic nitrogens is 2. The summed E-state index contributed by atoms with van der Waals surface area (Å²) in [4.78, 5) is 12.6. The lowest BCUT2D eigenvalue weighted by Crippen LogP contribution is -2.10. The van der Waals surface area contributed by atoms with E-state index in [0.29, 0.717) is 28.8 Å². The highest BCUT2D eigenvalue weighted by Gasteiger charge is 2.12. The van der Waals surface area contributed by atoms with Gasteiger partial charge < -0.3 is 14.8 Å². The molecule has 4 rings (SSSR count). The van der Waals surface area contributed by atoms with E-state index in [0.717, 1.165) is 28.1 Å². The van der Waals surface area contributed by atoms with E-state index in [4.69, 9.17) is 21.1 Å². The van der Waals surface area contributed by atoms with Crippen LogP contribution in [0, 0.1) is 19.7 Å².